The van der Waals surface area contributed by atoms with Crippen LogP contribution in [0.2, 0.25) is 5.02 Å². The molecule has 1 saturated heterocycles. The van der Waals surface area contributed by atoms with Crippen LogP contribution < -0.4 is 10.9 Å². The summed E-state index contributed by atoms with van der Waals surface area (Å²) in [6.07, 6.45) is -2.70. The SMILES string of the molecule is O=C(Cn1cc(C(F)(F)F)cc(Cl)c1=O)Nc1cccc(S(=O)(=O)N2CCCC2)c1. The summed E-state index contributed by atoms with van der Waals surface area (Å²) >= 11 is 5.57. The molecule has 0 saturated carbocycles. The molecule has 3 rings (SSSR count). The van der Waals surface area contributed by atoms with Crippen molar-refractivity contribution in [3.8, 4) is 0 Å². The van der Waals surface area contributed by atoms with Crippen LogP contribution in [0.5, 0.6) is 0 Å². The van der Waals surface area contributed by atoms with Crippen molar-refractivity contribution in [1.29, 1.82) is 0 Å². The van der Waals surface area contributed by atoms with E-state index in [0.717, 1.165) is 12.8 Å². The molecule has 7 nitrogen and oxygen atoms in total. The van der Waals surface area contributed by atoms with Gasteiger partial charge in [0.1, 0.15) is 11.6 Å². The van der Waals surface area contributed by atoms with Crippen LogP contribution in [-0.2, 0) is 27.5 Å². The molecule has 12 heteroatoms. The third-order valence-electron chi connectivity index (χ3n) is 4.50. The predicted octanol–water partition coefficient (Wildman–Crippen LogP) is 2.94. The van der Waals surface area contributed by atoms with E-state index in [1.807, 2.05) is 0 Å². The minimum atomic E-state index is -4.74. The Morgan fingerprint density at radius 1 is 1.17 bits per heavy atom. The number of hydrogen-bond donors (Lipinski definition) is 1. The Morgan fingerprint density at radius 2 is 1.83 bits per heavy atom. The molecule has 1 aromatic heterocycles. The summed E-state index contributed by atoms with van der Waals surface area (Å²) in [7, 11) is -3.71. The summed E-state index contributed by atoms with van der Waals surface area (Å²) in [6, 6.07) is 6.01. The zero-order valence-electron chi connectivity index (χ0n) is 15.4. The quantitative estimate of drug-likeness (QED) is 0.738. The van der Waals surface area contributed by atoms with Crippen LogP contribution in [0.3, 0.4) is 0 Å². The Hall–Kier alpha value is -2.37. The van der Waals surface area contributed by atoms with Gasteiger partial charge in [-0.25, -0.2) is 8.42 Å². The van der Waals surface area contributed by atoms with E-state index in [1.165, 1.54) is 28.6 Å². The number of amides is 1. The number of aromatic nitrogens is 1. The van der Waals surface area contributed by atoms with Crippen LogP contribution in [0, 0.1) is 0 Å². The molecule has 1 aliphatic heterocycles. The summed E-state index contributed by atoms with van der Waals surface area (Å²) in [4.78, 5) is 24.2. The highest BCUT2D eigenvalue weighted by molar-refractivity contribution is 7.89. The van der Waals surface area contributed by atoms with Crippen molar-refractivity contribution in [2.24, 2.45) is 0 Å². The fraction of sp³-hybridized carbons (Fsp3) is 0.333. The zero-order valence-corrected chi connectivity index (χ0v) is 17.0. The number of pyridine rings is 1. The molecule has 1 fully saturated rings. The number of sulfonamides is 1. The molecule has 2 heterocycles. The van der Waals surface area contributed by atoms with E-state index in [4.69, 9.17) is 11.6 Å². The fourth-order valence-corrected chi connectivity index (χ4v) is 4.83. The van der Waals surface area contributed by atoms with Crippen LogP contribution in [0.15, 0.2) is 46.2 Å². The van der Waals surface area contributed by atoms with Gasteiger partial charge in [0.25, 0.3) is 5.56 Å². The van der Waals surface area contributed by atoms with Gasteiger partial charge in [-0.3, -0.25) is 9.59 Å². The number of nitrogens with one attached hydrogen (secondary N) is 1. The van der Waals surface area contributed by atoms with Gasteiger partial charge in [-0.1, -0.05) is 17.7 Å². The predicted molar refractivity (Wildman–Crippen MR) is 104 cm³/mol. The number of hydrogen-bond acceptors (Lipinski definition) is 4. The zero-order chi connectivity index (χ0) is 22.1. The first-order valence-corrected chi connectivity index (χ1v) is 10.7. The smallest absolute Gasteiger partial charge is 0.324 e. The number of nitrogens with zero attached hydrogens (tertiary/aromatic N) is 2. The fourth-order valence-electron chi connectivity index (χ4n) is 3.04. The van der Waals surface area contributed by atoms with Crippen LogP contribution >= 0.6 is 11.6 Å². The lowest BCUT2D eigenvalue weighted by Crippen LogP contribution is -2.29. The van der Waals surface area contributed by atoms with Crippen LogP contribution in [0.25, 0.3) is 0 Å². The second kappa shape index (κ2) is 8.40. The highest BCUT2D eigenvalue weighted by atomic mass is 35.5. The molecule has 0 bridgehead atoms. The Balaban J connectivity index is 1.79. The van der Waals surface area contributed by atoms with Gasteiger partial charge in [-0.2, -0.15) is 17.5 Å². The van der Waals surface area contributed by atoms with Gasteiger partial charge < -0.3 is 9.88 Å². The molecule has 0 radical (unpaired) electrons. The second-order valence-electron chi connectivity index (χ2n) is 6.69. The molecular formula is C18H17ClF3N3O4S. The van der Waals surface area contributed by atoms with E-state index in [0.29, 0.717) is 29.9 Å². The van der Waals surface area contributed by atoms with Crippen molar-refractivity contribution >= 4 is 33.2 Å². The molecule has 0 unspecified atom stereocenters. The minimum Gasteiger partial charge on any atom is -0.324 e. The van der Waals surface area contributed by atoms with Crippen LogP contribution in [0.4, 0.5) is 18.9 Å². The van der Waals surface area contributed by atoms with Gasteiger partial charge in [0.2, 0.25) is 15.9 Å². The van der Waals surface area contributed by atoms with E-state index >= 15 is 0 Å². The van der Waals surface area contributed by atoms with Crippen molar-refractivity contribution in [2.75, 3.05) is 18.4 Å². The highest BCUT2D eigenvalue weighted by Crippen LogP contribution is 2.29. The number of rotatable bonds is 5. The van der Waals surface area contributed by atoms with Crippen LogP contribution in [-0.4, -0.2) is 36.3 Å². The number of carbonyl (C=O) groups excluding carboxylic acids is 1. The van der Waals surface area contributed by atoms with Gasteiger partial charge in [-0.15, -0.1) is 0 Å². The summed E-state index contributed by atoms with van der Waals surface area (Å²) < 4.78 is 65.9. The van der Waals surface area contributed by atoms with E-state index in [1.54, 1.807) is 0 Å². The Labute approximate surface area is 175 Å². The monoisotopic (exact) mass is 463 g/mol. The first-order chi connectivity index (χ1) is 14.0. The maximum atomic E-state index is 12.9. The van der Waals surface area contributed by atoms with Crippen molar-refractivity contribution in [2.45, 2.75) is 30.5 Å². The number of anilines is 1. The number of carbonyl (C=O) groups is 1. The topological polar surface area (TPSA) is 88.5 Å². The van der Waals surface area contributed by atoms with Crippen molar-refractivity contribution in [1.82, 2.24) is 8.87 Å². The molecular weight excluding hydrogens is 447 g/mol. The summed E-state index contributed by atoms with van der Waals surface area (Å²) in [5, 5.41) is 1.72. The van der Waals surface area contributed by atoms with Gasteiger partial charge in [0.05, 0.1) is 10.5 Å². The first-order valence-electron chi connectivity index (χ1n) is 8.86. The summed E-state index contributed by atoms with van der Waals surface area (Å²) in [5.74, 6) is -0.816. The van der Waals surface area contributed by atoms with E-state index in [-0.39, 0.29) is 10.6 Å². The molecule has 30 heavy (non-hydrogen) atoms. The average molecular weight is 464 g/mol. The number of halogens is 4. The normalized spacial score (nSPS) is 15.3. The molecule has 1 aromatic carbocycles. The van der Waals surface area contributed by atoms with Crippen molar-refractivity contribution in [3.63, 3.8) is 0 Å². The van der Waals surface area contributed by atoms with Crippen molar-refractivity contribution in [3.05, 3.63) is 57.5 Å². The Kier molecular flexibility index (Phi) is 6.25. The number of alkyl halides is 3. The average Bonchev–Trinajstić information content (AvgIpc) is 3.20. The third-order valence-corrected chi connectivity index (χ3v) is 6.67. The lowest BCUT2D eigenvalue weighted by Gasteiger charge is -2.16. The molecule has 1 N–H and O–H groups in total. The first kappa shape index (κ1) is 22.3. The summed E-state index contributed by atoms with van der Waals surface area (Å²) in [6.45, 7) is 0.0991. The lowest BCUT2D eigenvalue weighted by atomic mass is 10.2. The Morgan fingerprint density at radius 3 is 2.47 bits per heavy atom. The maximum Gasteiger partial charge on any atom is 0.417 e. The molecule has 162 valence electrons. The molecule has 1 amide bonds. The van der Waals surface area contributed by atoms with E-state index < -0.39 is 44.8 Å². The molecule has 2 aromatic rings. The van der Waals surface area contributed by atoms with Gasteiger partial charge in [0.15, 0.2) is 0 Å². The molecule has 0 aliphatic carbocycles. The van der Waals surface area contributed by atoms with Gasteiger partial charge in [-0.05, 0) is 37.1 Å². The molecule has 1 aliphatic rings. The maximum absolute atomic E-state index is 12.9. The van der Waals surface area contributed by atoms with E-state index in [9.17, 15) is 31.2 Å². The largest absolute Gasteiger partial charge is 0.417 e. The summed E-state index contributed by atoms with van der Waals surface area (Å²) in [5.41, 5.74) is -1.99. The second-order valence-corrected chi connectivity index (χ2v) is 9.04. The van der Waals surface area contributed by atoms with Crippen LogP contribution in [0.1, 0.15) is 18.4 Å². The molecule has 0 atom stereocenters. The van der Waals surface area contributed by atoms with Gasteiger partial charge in [0, 0.05) is 25.0 Å². The van der Waals surface area contributed by atoms with Gasteiger partial charge >= 0.3 is 6.18 Å². The lowest BCUT2D eigenvalue weighted by molar-refractivity contribution is -0.138. The van der Waals surface area contributed by atoms with Crippen molar-refractivity contribution < 1.29 is 26.4 Å². The Bertz CT molecular complexity index is 1130. The highest BCUT2D eigenvalue weighted by Gasteiger charge is 2.32. The third kappa shape index (κ3) is 4.85. The minimum absolute atomic E-state index is 0.0125. The standard InChI is InChI=1S/C18H17ClF3N3O4S/c19-15-8-12(18(20,21)22)10-24(17(15)27)11-16(26)23-13-4-3-5-14(9-13)30(28,29)25-6-1-2-7-25/h3-5,8-10H,1-2,6-7,11H2,(H,23,26). The number of benzene rings is 1. The molecule has 0 spiro atoms. The van der Waals surface area contributed by atoms with E-state index in [2.05, 4.69) is 5.32 Å².